The van der Waals surface area contributed by atoms with Gasteiger partial charge in [-0.05, 0) is 29.9 Å². The molecule has 0 aliphatic rings. The van der Waals surface area contributed by atoms with Gasteiger partial charge in [-0.25, -0.2) is 4.68 Å². The van der Waals surface area contributed by atoms with Crippen LogP contribution in [0.15, 0.2) is 34.3 Å². The Morgan fingerprint density at radius 2 is 2.05 bits per heavy atom. The summed E-state index contributed by atoms with van der Waals surface area (Å²) >= 11 is 3.98. The van der Waals surface area contributed by atoms with Crippen molar-refractivity contribution in [3.8, 4) is 0 Å². The molecule has 0 fully saturated rings. The lowest BCUT2D eigenvalue weighted by Gasteiger charge is -2.10. The van der Waals surface area contributed by atoms with Crippen LogP contribution in [0.1, 0.15) is 16.2 Å². The highest BCUT2D eigenvalue weighted by atomic mass is 33.1. The number of carbonyl (C=O) groups is 1. The lowest BCUT2D eigenvalue weighted by molar-refractivity contribution is 0.100. The quantitative estimate of drug-likeness (QED) is 0.432. The molecule has 1 amide bonds. The smallest absolute Gasteiger partial charge is 0.282 e. The normalized spacial score (nSPS) is 11.4. The summed E-state index contributed by atoms with van der Waals surface area (Å²) in [7, 11) is -3.54. The van der Waals surface area contributed by atoms with Gasteiger partial charge in [0, 0.05) is 0 Å². The van der Waals surface area contributed by atoms with Crippen LogP contribution >= 0.6 is 22.5 Å². The van der Waals surface area contributed by atoms with Crippen LogP contribution in [0, 0.1) is 6.92 Å². The first kappa shape index (κ1) is 15.8. The van der Waals surface area contributed by atoms with E-state index in [0.717, 1.165) is 16.9 Å². The number of thiol groups is 1. The van der Waals surface area contributed by atoms with Crippen LogP contribution in [-0.2, 0) is 10.1 Å². The summed E-state index contributed by atoms with van der Waals surface area (Å²) in [6.45, 7) is 1.61. The minimum absolute atomic E-state index is 0.191. The minimum Gasteiger partial charge on any atom is -0.282 e. The molecule has 0 saturated carbocycles. The third kappa shape index (κ3) is 3.37. The van der Waals surface area contributed by atoms with Crippen molar-refractivity contribution in [2.45, 2.75) is 17.0 Å². The van der Waals surface area contributed by atoms with Gasteiger partial charge in [-0.3, -0.25) is 14.8 Å². The van der Waals surface area contributed by atoms with Crippen LogP contribution in [0.4, 0.5) is 0 Å². The molecule has 21 heavy (non-hydrogen) atoms. The van der Waals surface area contributed by atoms with E-state index >= 15 is 0 Å². The van der Waals surface area contributed by atoms with E-state index in [0.29, 0.717) is 11.0 Å². The van der Waals surface area contributed by atoms with E-state index < -0.39 is 20.9 Å². The monoisotopic (exact) mass is 346 g/mol. The summed E-state index contributed by atoms with van der Waals surface area (Å²) < 4.78 is 33.0. The van der Waals surface area contributed by atoms with Gasteiger partial charge in [0.25, 0.3) is 16.0 Å². The Labute approximate surface area is 129 Å². The van der Waals surface area contributed by atoms with Crippen LogP contribution < -0.4 is 5.43 Å². The van der Waals surface area contributed by atoms with Crippen molar-refractivity contribution < 1.29 is 17.8 Å². The number of hydrogen-bond acceptors (Lipinski definition) is 7. The third-order valence-corrected chi connectivity index (χ3v) is 4.33. The average Bonchev–Trinajstić information content (AvgIpc) is 2.78. The lowest BCUT2D eigenvalue weighted by atomic mass is 10.2. The topological polar surface area (TPSA) is 114 Å². The summed E-state index contributed by atoms with van der Waals surface area (Å²) in [5, 5.41) is 7.85. The molecule has 0 aliphatic carbocycles. The molecule has 2 aromatic rings. The molecule has 1 aromatic carbocycles. The van der Waals surface area contributed by atoms with Gasteiger partial charge in [-0.2, -0.15) is 8.42 Å². The van der Waals surface area contributed by atoms with Crippen LogP contribution in [0.5, 0.6) is 0 Å². The number of nitrogens with zero attached hydrogens (tertiary/aromatic N) is 3. The van der Waals surface area contributed by atoms with Gasteiger partial charge in [0.2, 0.25) is 5.16 Å². The van der Waals surface area contributed by atoms with Crippen molar-refractivity contribution in [3.63, 3.8) is 0 Å². The van der Waals surface area contributed by atoms with Gasteiger partial charge in [0.05, 0.1) is 5.56 Å². The Hall–Kier alpha value is -1.56. The van der Waals surface area contributed by atoms with E-state index in [9.17, 15) is 13.2 Å². The van der Waals surface area contributed by atoms with Crippen molar-refractivity contribution >= 4 is 38.5 Å². The van der Waals surface area contributed by atoms with E-state index in [1.807, 2.05) is 0 Å². The molecule has 11 heteroatoms. The van der Waals surface area contributed by atoms with Crippen LogP contribution in [-0.4, -0.2) is 33.8 Å². The standard InChI is InChI=1S/C10H10N4O4S3/c1-6-11-12-10(20-19)14(6)13-9(15)7-4-2-3-5-8(7)21(16,17)18/h2-5,19H,1H3,(H,13,15)(H,16,17,18). The molecule has 2 N–H and O–H groups in total. The predicted octanol–water partition coefficient (Wildman–Crippen LogP) is 1.15. The van der Waals surface area contributed by atoms with Gasteiger partial charge in [0.15, 0.2) is 0 Å². The Balaban J connectivity index is 2.40. The molecule has 8 nitrogen and oxygen atoms in total. The highest BCUT2D eigenvalue weighted by Gasteiger charge is 2.21. The van der Waals surface area contributed by atoms with E-state index in [1.54, 1.807) is 6.92 Å². The Bertz CT molecular complexity index is 787. The molecule has 2 rings (SSSR count). The molecule has 0 spiro atoms. The molecule has 0 aliphatic heterocycles. The molecule has 1 aromatic heterocycles. The first-order valence-electron chi connectivity index (χ1n) is 5.46. The Morgan fingerprint density at radius 3 is 2.67 bits per heavy atom. The number of rotatable bonds is 4. The lowest BCUT2D eigenvalue weighted by Crippen LogP contribution is -2.26. The van der Waals surface area contributed by atoms with Crippen LogP contribution in [0.2, 0.25) is 0 Å². The molecule has 0 radical (unpaired) electrons. The molecule has 0 atom stereocenters. The zero-order valence-corrected chi connectivity index (χ0v) is 13.1. The van der Waals surface area contributed by atoms with E-state index in [1.165, 1.54) is 22.9 Å². The first-order chi connectivity index (χ1) is 9.84. The van der Waals surface area contributed by atoms with Crippen molar-refractivity contribution in [2.75, 3.05) is 5.43 Å². The number of hydrogen-bond donors (Lipinski definition) is 3. The molecule has 112 valence electrons. The van der Waals surface area contributed by atoms with Crippen LogP contribution in [0.3, 0.4) is 0 Å². The van der Waals surface area contributed by atoms with E-state index in [-0.39, 0.29) is 5.56 Å². The van der Waals surface area contributed by atoms with Gasteiger partial charge in [-0.1, -0.05) is 12.1 Å². The van der Waals surface area contributed by atoms with E-state index in [4.69, 9.17) is 4.55 Å². The number of benzene rings is 1. The summed E-state index contributed by atoms with van der Waals surface area (Å²) in [6.07, 6.45) is 0. The second-order valence-electron chi connectivity index (χ2n) is 3.87. The molecule has 0 saturated heterocycles. The molecular weight excluding hydrogens is 336 g/mol. The first-order valence-corrected chi connectivity index (χ1v) is 8.77. The average molecular weight is 346 g/mol. The van der Waals surface area contributed by atoms with Gasteiger partial charge in [0.1, 0.15) is 10.7 Å². The van der Waals surface area contributed by atoms with Gasteiger partial charge < -0.3 is 0 Å². The SMILES string of the molecule is Cc1nnc(SS)n1NC(=O)c1ccccc1S(=O)(=O)O. The molecule has 1 heterocycles. The second-order valence-corrected chi connectivity index (χ2v) is 6.35. The fraction of sp³-hybridized carbons (Fsp3) is 0.100. The zero-order valence-electron chi connectivity index (χ0n) is 10.6. The van der Waals surface area contributed by atoms with Crippen molar-refractivity contribution in [2.24, 2.45) is 0 Å². The third-order valence-electron chi connectivity index (χ3n) is 2.50. The maximum absolute atomic E-state index is 12.2. The fourth-order valence-corrected chi connectivity index (χ4v) is 2.95. The highest BCUT2D eigenvalue weighted by Crippen LogP contribution is 2.20. The second kappa shape index (κ2) is 6.05. The number of nitrogens with one attached hydrogen (secondary N) is 1. The Morgan fingerprint density at radius 1 is 1.38 bits per heavy atom. The van der Waals surface area contributed by atoms with Gasteiger partial charge in [-0.15, -0.1) is 21.9 Å². The van der Waals surface area contributed by atoms with Crippen molar-refractivity contribution in [1.82, 2.24) is 14.9 Å². The largest absolute Gasteiger partial charge is 0.295 e. The minimum atomic E-state index is -4.50. The number of amides is 1. The number of aryl methyl sites for hydroxylation is 1. The molecule has 0 unspecified atom stereocenters. The summed E-state index contributed by atoms with van der Waals surface area (Å²) in [6, 6.07) is 5.30. The maximum Gasteiger partial charge on any atom is 0.295 e. The predicted molar refractivity (Wildman–Crippen MR) is 79.5 cm³/mol. The van der Waals surface area contributed by atoms with E-state index in [2.05, 4.69) is 27.3 Å². The van der Waals surface area contributed by atoms with Crippen LogP contribution in [0.25, 0.3) is 0 Å². The summed E-state index contributed by atoms with van der Waals surface area (Å²) in [5.74, 6) is -0.334. The number of aromatic nitrogens is 3. The van der Waals surface area contributed by atoms with Gasteiger partial charge >= 0.3 is 0 Å². The van der Waals surface area contributed by atoms with Crippen molar-refractivity contribution in [3.05, 3.63) is 35.7 Å². The molecular formula is C10H10N4O4S3. The zero-order chi connectivity index (χ0) is 15.6. The molecule has 0 bridgehead atoms. The summed E-state index contributed by atoms with van der Waals surface area (Å²) in [5.41, 5.74) is 2.25. The summed E-state index contributed by atoms with van der Waals surface area (Å²) in [4.78, 5) is 11.7. The Kier molecular flexibility index (Phi) is 4.56. The highest BCUT2D eigenvalue weighted by molar-refractivity contribution is 8.68. The number of carbonyl (C=O) groups excluding carboxylic acids is 1. The fourth-order valence-electron chi connectivity index (χ4n) is 1.57. The maximum atomic E-state index is 12.2. The van der Waals surface area contributed by atoms with Crippen molar-refractivity contribution in [1.29, 1.82) is 0 Å².